The maximum Gasteiger partial charge on any atom is 0.391 e. The van der Waals surface area contributed by atoms with Crippen LogP contribution in [0.2, 0.25) is 0 Å². The van der Waals surface area contributed by atoms with E-state index in [0.29, 0.717) is 6.42 Å². The van der Waals surface area contributed by atoms with Gasteiger partial charge in [0.15, 0.2) is 0 Å². The molecule has 0 spiro atoms. The second-order valence-corrected chi connectivity index (χ2v) is 10.4. The van der Waals surface area contributed by atoms with Gasteiger partial charge in [-0.05, 0) is 81.5 Å². The standard InChI is InChI=1S/C24H37F3O.Y/c25-24(26,27)21-12-13-22(23(28)15-21)20-10-8-19(9-11-20)18-6-4-17(5-7-18)14-16-2-1-3-16;/h10,16-19,21-23,28H,1-9,11-15H2;. The molecule has 4 aliphatic rings. The van der Waals surface area contributed by atoms with Crippen LogP contribution in [0.1, 0.15) is 89.9 Å². The van der Waals surface area contributed by atoms with Gasteiger partial charge in [-0.15, -0.1) is 0 Å². The van der Waals surface area contributed by atoms with Crippen molar-refractivity contribution in [3.63, 3.8) is 0 Å². The van der Waals surface area contributed by atoms with Gasteiger partial charge < -0.3 is 5.11 Å². The monoisotopic (exact) mass is 487 g/mol. The summed E-state index contributed by atoms with van der Waals surface area (Å²) < 4.78 is 38.8. The molecule has 4 rings (SSSR count). The van der Waals surface area contributed by atoms with E-state index in [9.17, 15) is 18.3 Å². The summed E-state index contributed by atoms with van der Waals surface area (Å²) in [5, 5.41) is 10.4. The summed E-state index contributed by atoms with van der Waals surface area (Å²) in [7, 11) is 0. The van der Waals surface area contributed by atoms with E-state index in [1.165, 1.54) is 63.4 Å². The van der Waals surface area contributed by atoms with E-state index in [4.69, 9.17) is 0 Å². The number of aliphatic hydroxyl groups excluding tert-OH is 1. The molecular formula is C24H37F3OY. The number of hydrogen-bond acceptors (Lipinski definition) is 1. The van der Waals surface area contributed by atoms with Crippen LogP contribution in [0.25, 0.3) is 0 Å². The molecule has 0 saturated heterocycles. The molecule has 0 aromatic rings. The van der Waals surface area contributed by atoms with E-state index in [1.807, 2.05) is 0 Å². The average molecular weight is 487 g/mol. The van der Waals surface area contributed by atoms with Crippen LogP contribution in [0.15, 0.2) is 11.6 Å². The Labute approximate surface area is 199 Å². The molecular weight excluding hydrogens is 450 g/mol. The SMILES string of the molecule is OC1CC(C(F)(F)F)CCC1C1=CCC(C2CCC(CC3CCC3)CC2)CC1.[Y]. The molecule has 0 amide bonds. The van der Waals surface area contributed by atoms with Gasteiger partial charge in [-0.25, -0.2) is 0 Å². The Kier molecular flexibility index (Phi) is 8.75. The van der Waals surface area contributed by atoms with Gasteiger partial charge in [-0.3, -0.25) is 0 Å². The minimum atomic E-state index is -4.16. The van der Waals surface area contributed by atoms with Crippen LogP contribution in [-0.4, -0.2) is 17.4 Å². The van der Waals surface area contributed by atoms with Crippen molar-refractivity contribution in [2.45, 2.75) is 102 Å². The van der Waals surface area contributed by atoms with Crippen LogP contribution >= 0.6 is 0 Å². The smallest absolute Gasteiger partial charge is 0.391 e. The molecule has 4 atom stereocenters. The largest absolute Gasteiger partial charge is 0.392 e. The molecule has 0 bridgehead atoms. The van der Waals surface area contributed by atoms with Crippen LogP contribution in [0.3, 0.4) is 0 Å². The maximum absolute atomic E-state index is 12.9. The number of aliphatic hydroxyl groups is 1. The third-order valence-electron chi connectivity index (χ3n) is 8.69. The summed E-state index contributed by atoms with van der Waals surface area (Å²) in [4.78, 5) is 0. The van der Waals surface area contributed by atoms with Gasteiger partial charge in [0, 0.05) is 38.6 Å². The van der Waals surface area contributed by atoms with Crippen molar-refractivity contribution in [1.82, 2.24) is 0 Å². The summed E-state index contributed by atoms with van der Waals surface area (Å²) in [5.74, 6) is 2.26. The second kappa shape index (κ2) is 10.5. The Balaban J connectivity index is 0.00000240. The van der Waals surface area contributed by atoms with E-state index < -0.39 is 18.2 Å². The van der Waals surface area contributed by atoms with Crippen molar-refractivity contribution in [2.24, 2.45) is 35.5 Å². The molecule has 1 nitrogen and oxygen atoms in total. The zero-order chi connectivity index (χ0) is 19.7. The van der Waals surface area contributed by atoms with Crippen molar-refractivity contribution in [2.75, 3.05) is 0 Å². The van der Waals surface area contributed by atoms with Crippen LogP contribution < -0.4 is 0 Å². The minimum absolute atomic E-state index is 0. The first-order valence-corrected chi connectivity index (χ1v) is 11.8. The molecule has 0 aromatic heterocycles. The molecule has 5 heteroatoms. The van der Waals surface area contributed by atoms with Gasteiger partial charge in [0.25, 0.3) is 0 Å². The van der Waals surface area contributed by atoms with E-state index in [2.05, 4.69) is 6.08 Å². The molecule has 0 heterocycles. The number of alkyl halides is 3. The van der Waals surface area contributed by atoms with Crippen molar-refractivity contribution in [3.8, 4) is 0 Å². The molecule has 3 fully saturated rings. The van der Waals surface area contributed by atoms with E-state index in [-0.39, 0.29) is 51.5 Å². The first-order valence-electron chi connectivity index (χ1n) is 11.8. The minimum Gasteiger partial charge on any atom is -0.392 e. The van der Waals surface area contributed by atoms with Gasteiger partial charge in [-0.1, -0.05) is 43.8 Å². The number of allylic oxidation sites excluding steroid dienone is 1. The van der Waals surface area contributed by atoms with E-state index in [0.717, 1.165) is 36.5 Å². The molecule has 0 aromatic carbocycles. The van der Waals surface area contributed by atoms with E-state index in [1.54, 1.807) is 0 Å². The fraction of sp³-hybridized carbons (Fsp3) is 0.917. The van der Waals surface area contributed by atoms with Crippen LogP contribution in [-0.2, 0) is 32.7 Å². The Bertz CT molecular complexity index is 549. The summed E-state index contributed by atoms with van der Waals surface area (Å²) in [6.45, 7) is 0. The first-order chi connectivity index (χ1) is 13.4. The molecule has 1 radical (unpaired) electrons. The third kappa shape index (κ3) is 6.10. The van der Waals surface area contributed by atoms with Crippen LogP contribution in [0.5, 0.6) is 0 Å². The fourth-order valence-corrected chi connectivity index (χ4v) is 6.61. The Hall–Kier alpha value is 0.594. The Morgan fingerprint density at radius 2 is 1.55 bits per heavy atom. The average Bonchev–Trinajstić information content (AvgIpc) is 2.65. The Morgan fingerprint density at radius 1 is 0.862 bits per heavy atom. The van der Waals surface area contributed by atoms with Crippen molar-refractivity contribution < 1.29 is 51.0 Å². The van der Waals surface area contributed by atoms with Gasteiger partial charge in [0.2, 0.25) is 0 Å². The normalized spacial score (nSPS) is 39.2. The molecule has 1 N–H and O–H groups in total. The van der Waals surface area contributed by atoms with Crippen molar-refractivity contribution in [1.29, 1.82) is 0 Å². The summed E-state index contributed by atoms with van der Waals surface area (Å²) >= 11 is 0. The topological polar surface area (TPSA) is 20.2 Å². The number of halogens is 3. The number of rotatable bonds is 4. The predicted octanol–water partition coefficient (Wildman–Crippen LogP) is 7.05. The molecule has 4 unspecified atom stereocenters. The van der Waals surface area contributed by atoms with Crippen LogP contribution in [0.4, 0.5) is 13.2 Å². The maximum atomic E-state index is 12.9. The zero-order valence-corrected chi connectivity index (χ0v) is 20.5. The third-order valence-corrected chi connectivity index (χ3v) is 8.69. The molecule has 3 saturated carbocycles. The van der Waals surface area contributed by atoms with Gasteiger partial charge in [0.05, 0.1) is 12.0 Å². The fourth-order valence-electron chi connectivity index (χ4n) is 6.61. The van der Waals surface area contributed by atoms with Gasteiger partial charge >= 0.3 is 6.18 Å². The molecule has 163 valence electrons. The Morgan fingerprint density at radius 3 is 2.07 bits per heavy atom. The zero-order valence-electron chi connectivity index (χ0n) is 17.7. The number of hydrogen-bond donors (Lipinski definition) is 1. The first kappa shape index (κ1) is 24.2. The van der Waals surface area contributed by atoms with Gasteiger partial charge in [0.1, 0.15) is 0 Å². The van der Waals surface area contributed by atoms with Crippen LogP contribution in [0, 0.1) is 35.5 Å². The van der Waals surface area contributed by atoms with Crippen molar-refractivity contribution >= 4 is 0 Å². The summed E-state index contributed by atoms with van der Waals surface area (Å²) in [6.07, 6.45) is 12.6. The quantitative estimate of drug-likeness (QED) is 0.422. The summed E-state index contributed by atoms with van der Waals surface area (Å²) in [5.41, 5.74) is 1.25. The summed E-state index contributed by atoms with van der Waals surface area (Å²) in [6, 6.07) is 0. The predicted molar refractivity (Wildman–Crippen MR) is 106 cm³/mol. The second-order valence-electron chi connectivity index (χ2n) is 10.4. The van der Waals surface area contributed by atoms with Gasteiger partial charge in [-0.2, -0.15) is 13.2 Å². The van der Waals surface area contributed by atoms with E-state index >= 15 is 0 Å². The van der Waals surface area contributed by atoms with Crippen molar-refractivity contribution in [3.05, 3.63) is 11.6 Å². The molecule has 0 aliphatic heterocycles. The molecule has 4 aliphatic carbocycles. The molecule has 29 heavy (non-hydrogen) atoms.